The maximum atomic E-state index is 8.89. The Balaban J connectivity index is 2.03. The van der Waals surface area contributed by atoms with Crippen molar-refractivity contribution < 1.29 is 5.11 Å². The van der Waals surface area contributed by atoms with Crippen molar-refractivity contribution in [2.24, 2.45) is 0 Å². The average molecular weight is 269 g/mol. The highest BCUT2D eigenvalue weighted by atomic mass is 16.2. The molecule has 20 heavy (non-hydrogen) atoms. The molecule has 0 bridgehead atoms. The molecule has 2 N–H and O–H groups in total. The van der Waals surface area contributed by atoms with Crippen LogP contribution in [0.3, 0.4) is 0 Å². The molecule has 0 spiro atoms. The maximum Gasteiger partial charge on any atom is 0.0434 e. The summed E-state index contributed by atoms with van der Waals surface area (Å²) < 4.78 is 0. The molecule has 0 aliphatic rings. The monoisotopic (exact) mass is 269 g/mol. The van der Waals surface area contributed by atoms with E-state index < -0.39 is 0 Å². The van der Waals surface area contributed by atoms with Gasteiger partial charge in [-0.2, -0.15) is 0 Å². The number of anilines is 1. The van der Waals surface area contributed by atoms with Gasteiger partial charge in [0.15, 0.2) is 0 Å². The molecule has 0 aliphatic carbocycles. The number of hydrogen-bond acceptors (Lipinski definition) is 2. The minimum absolute atomic E-state index is 0.250. The molecule has 0 saturated heterocycles. The summed E-state index contributed by atoms with van der Waals surface area (Å²) in [5.41, 5.74) is 6.43. The van der Waals surface area contributed by atoms with Gasteiger partial charge in [0.25, 0.3) is 0 Å². The number of hydrogen-bond donors (Lipinski definition) is 2. The fourth-order valence-electron chi connectivity index (χ4n) is 2.44. The van der Waals surface area contributed by atoms with E-state index in [-0.39, 0.29) is 6.61 Å². The first-order valence-electron chi connectivity index (χ1n) is 7.19. The van der Waals surface area contributed by atoms with Gasteiger partial charge in [0.05, 0.1) is 0 Å². The molecule has 0 aliphatic heterocycles. The highest BCUT2D eigenvalue weighted by molar-refractivity contribution is 5.47. The normalized spacial score (nSPS) is 10.6. The molecule has 2 nitrogen and oxygen atoms in total. The Kier molecular flexibility index (Phi) is 5.19. The summed E-state index contributed by atoms with van der Waals surface area (Å²) in [5.74, 6) is 0. The molecule has 0 atom stereocenters. The van der Waals surface area contributed by atoms with Crippen LogP contribution in [0.15, 0.2) is 42.5 Å². The van der Waals surface area contributed by atoms with Gasteiger partial charge in [0, 0.05) is 18.8 Å². The van der Waals surface area contributed by atoms with Crippen molar-refractivity contribution in [2.45, 2.75) is 33.2 Å². The SMILES string of the molecule is Cc1cccc(C)c1CNc1cccc(CCCO)c1. The third kappa shape index (κ3) is 3.84. The number of benzene rings is 2. The van der Waals surface area contributed by atoms with Crippen molar-refractivity contribution in [1.29, 1.82) is 0 Å². The topological polar surface area (TPSA) is 32.3 Å². The van der Waals surface area contributed by atoms with Crippen molar-refractivity contribution in [3.63, 3.8) is 0 Å². The van der Waals surface area contributed by atoms with Gasteiger partial charge in [0.2, 0.25) is 0 Å². The molecule has 0 unspecified atom stereocenters. The van der Waals surface area contributed by atoms with Crippen molar-refractivity contribution in [2.75, 3.05) is 11.9 Å². The van der Waals surface area contributed by atoms with E-state index in [1.807, 2.05) is 0 Å². The van der Waals surface area contributed by atoms with Crippen LogP contribution >= 0.6 is 0 Å². The highest BCUT2D eigenvalue weighted by Gasteiger charge is 2.02. The molecular formula is C18H23NO. The zero-order valence-electron chi connectivity index (χ0n) is 12.3. The zero-order chi connectivity index (χ0) is 14.4. The van der Waals surface area contributed by atoms with Crippen LogP contribution in [0.2, 0.25) is 0 Å². The summed E-state index contributed by atoms with van der Waals surface area (Å²) in [6, 6.07) is 14.9. The second-order valence-electron chi connectivity index (χ2n) is 5.25. The van der Waals surface area contributed by atoms with Gasteiger partial charge in [-0.15, -0.1) is 0 Å². The molecule has 0 radical (unpaired) electrons. The zero-order valence-corrected chi connectivity index (χ0v) is 12.3. The first-order valence-corrected chi connectivity index (χ1v) is 7.19. The first-order chi connectivity index (χ1) is 9.70. The van der Waals surface area contributed by atoms with Crippen molar-refractivity contribution in [1.82, 2.24) is 0 Å². The second kappa shape index (κ2) is 7.11. The Bertz CT molecular complexity index is 543. The van der Waals surface area contributed by atoms with Crippen molar-refractivity contribution in [3.05, 3.63) is 64.7 Å². The molecule has 0 saturated carbocycles. The van der Waals surface area contributed by atoms with Crippen LogP contribution in [0, 0.1) is 13.8 Å². The largest absolute Gasteiger partial charge is 0.396 e. The van der Waals surface area contributed by atoms with Gasteiger partial charge in [-0.25, -0.2) is 0 Å². The molecule has 106 valence electrons. The van der Waals surface area contributed by atoms with Gasteiger partial charge < -0.3 is 10.4 Å². The Morgan fingerprint density at radius 3 is 2.40 bits per heavy atom. The molecule has 0 heterocycles. The van der Waals surface area contributed by atoms with E-state index in [1.54, 1.807) is 0 Å². The number of nitrogens with one attached hydrogen (secondary N) is 1. The third-order valence-electron chi connectivity index (χ3n) is 3.66. The van der Waals surface area contributed by atoms with Crippen molar-refractivity contribution in [3.8, 4) is 0 Å². The predicted octanol–water partition coefficient (Wildman–Crippen LogP) is 3.84. The number of aryl methyl sites for hydroxylation is 3. The van der Waals surface area contributed by atoms with Crippen LogP contribution in [0.1, 0.15) is 28.7 Å². The minimum atomic E-state index is 0.250. The molecular weight excluding hydrogens is 246 g/mol. The number of aliphatic hydroxyl groups is 1. The van der Waals surface area contributed by atoms with E-state index >= 15 is 0 Å². The lowest BCUT2D eigenvalue weighted by atomic mass is 10.0. The van der Waals surface area contributed by atoms with E-state index in [2.05, 4.69) is 61.6 Å². The average Bonchev–Trinajstić information content (AvgIpc) is 2.45. The van der Waals surface area contributed by atoms with E-state index in [1.165, 1.54) is 22.3 Å². The van der Waals surface area contributed by atoms with E-state index in [0.29, 0.717) is 0 Å². The van der Waals surface area contributed by atoms with Crippen LogP contribution in [0.5, 0.6) is 0 Å². The van der Waals surface area contributed by atoms with Crippen LogP contribution in [-0.2, 0) is 13.0 Å². The summed E-state index contributed by atoms with van der Waals surface area (Å²) in [4.78, 5) is 0. The van der Waals surface area contributed by atoms with E-state index in [9.17, 15) is 0 Å². The van der Waals surface area contributed by atoms with E-state index in [0.717, 1.165) is 25.1 Å². The minimum Gasteiger partial charge on any atom is -0.396 e. The number of rotatable bonds is 6. The Morgan fingerprint density at radius 1 is 1.00 bits per heavy atom. The molecule has 2 rings (SSSR count). The maximum absolute atomic E-state index is 8.89. The summed E-state index contributed by atoms with van der Waals surface area (Å²) in [7, 11) is 0. The van der Waals surface area contributed by atoms with E-state index in [4.69, 9.17) is 5.11 Å². The molecule has 2 aromatic carbocycles. The predicted molar refractivity (Wildman–Crippen MR) is 85.1 cm³/mol. The smallest absolute Gasteiger partial charge is 0.0434 e. The standard InChI is InChI=1S/C18H23NO/c1-14-6-3-7-15(2)18(14)13-19-17-10-4-8-16(12-17)9-5-11-20/h3-4,6-8,10,12,19-20H,5,9,11,13H2,1-2H3. The Morgan fingerprint density at radius 2 is 1.70 bits per heavy atom. The van der Waals surface area contributed by atoms with Gasteiger partial charge in [-0.05, 0) is 61.1 Å². The molecule has 2 heteroatoms. The molecule has 0 aromatic heterocycles. The van der Waals surface area contributed by atoms with Crippen LogP contribution in [-0.4, -0.2) is 11.7 Å². The lowest BCUT2D eigenvalue weighted by molar-refractivity contribution is 0.288. The highest BCUT2D eigenvalue weighted by Crippen LogP contribution is 2.17. The van der Waals surface area contributed by atoms with Gasteiger partial charge >= 0.3 is 0 Å². The summed E-state index contributed by atoms with van der Waals surface area (Å²) in [6.45, 7) is 5.41. The first kappa shape index (κ1) is 14.6. The fourth-order valence-corrected chi connectivity index (χ4v) is 2.44. The van der Waals surface area contributed by atoms with Crippen LogP contribution in [0.4, 0.5) is 5.69 Å². The van der Waals surface area contributed by atoms with Crippen LogP contribution < -0.4 is 5.32 Å². The lowest BCUT2D eigenvalue weighted by Gasteiger charge is -2.12. The quantitative estimate of drug-likeness (QED) is 0.835. The van der Waals surface area contributed by atoms with Crippen molar-refractivity contribution >= 4 is 5.69 Å². The van der Waals surface area contributed by atoms with Crippen LogP contribution in [0.25, 0.3) is 0 Å². The summed E-state index contributed by atoms with van der Waals surface area (Å²) in [5, 5.41) is 12.4. The van der Waals surface area contributed by atoms with Gasteiger partial charge in [-0.3, -0.25) is 0 Å². The molecule has 0 amide bonds. The Hall–Kier alpha value is -1.80. The summed E-state index contributed by atoms with van der Waals surface area (Å²) in [6.07, 6.45) is 1.75. The number of aliphatic hydroxyl groups excluding tert-OH is 1. The molecule has 2 aromatic rings. The fraction of sp³-hybridized carbons (Fsp3) is 0.333. The second-order valence-corrected chi connectivity index (χ2v) is 5.25. The van der Waals surface area contributed by atoms with Gasteiger partial charge in [-0.1, -0.05) is 30.3 Å². The third-order valence-corrected chi connectivity index (χ3v) is 3.66. The Labute approximate surface area is 121 Å². The molecule has 0 fully saturated rings. The summed E-state index contributed by atoms with van der Waals surface area (Å²) >= 11 is 0. The lowest BCUT2D eigenvalue weighted by Crippen LogP contribution is -2.03. The van der Waals surface area contributed by atoms with Gasteiger partial charge in [0.1, 0.15) is 0 Å².